The van der Waals surface area contributed by atoms with Crippen molar-refractivity contribution in [3.63, 3.8) is 0 Å². The van der Waals surface area contributed by atoms with E-state index in [9.17, 15) is 0 Å². The van der Waals surface area contributed by atoms with E-state index in [4.69, 9.17) is 39.5 Å². The number of oxime groups is 1. The molecule has 16 heavy (non-hydrogen) atoms. The zero-order valence-electron chi connectivity index (χ0n) is 8.76. The van der Waals surface area contributed by atoms with E-state index in [-0.39, 0.29) is 6.61 Å². The lowest BCUT2D eigenvalue weighted by atomic mass is 10.3. The minimum absolute atomic E-state index is 0.245. The summed E-state index contributed by atoms with van der Waals surface area (Å²) in [5.74, 6) is 0.387. The molecule has 88 valence electrons. The van der Waals surface area contributed by atoms with E-state index in [2.05, 4.69) is 9.99 Å². The van der Waals surface area contributed by atoms with Crippen molar-refractivity contribution >= 4 is 40.5 Å². The van der Waals surface area contributed by atoms with Crippen molar-refractivity contribution < 1.29 is 9.57 Å². The molecule has 0 heterocycles. The van der Waals surface area contributed by atoms with Gasteiger partial charge in [0.2, 0.25) is 0 Å². The lowest BCUT2D eigenvalue weighted by Gasteiger charge is -2.09. The van der Waals surface area contributed by atoms with Crippen LogP contribution in [0.15, 0.2) is 17.3 Å². The first kappa shape index (κ1) is 13.4. The van der Waals surface area contributed by atoms with Crippen LogP contribution in [0.2, 0.25) is 15.1 Å². The molecule has 0 amide bonds. The highest BCUT2D eigenvalue weighted by atomic mass is 35.5. The predicted octanol–water partition coefficient (Wildman–Crippen LogP) is 4.05. The highest BCUT2D eigenvalue weighted by Crippen LogP contribution is 2.35. The van der Waals surface area contributed by atoms with E-state index in [0.717, 1.165) is 0 Å². The van der Waals surface area contributed by atoms with Crippen molar-refractivity contribution in [1.29, 1.82) is 0 Å². The van der Waals surface area contributed by atoms with Crippen LogP contribution in [0.4, 0.5) is 0 Å². The largest absolute Gasteiger partial charge is 0.484 e. The van der Waals surface area contributed by atoms with Crippen molar-refractivity contribution in [2.45, 2.75) is 6.92 Å². The van der Waals surface area contributed by atoms with Gasteiger partial charge in [-0.25, -0.2) is 0 Å². The topological polar surface area (TPSA) is 30.8 Å². The van der Waals surface area contributed by atoms with Crippen molar-refractivity contribution in [2.75, 3.05) is 13.7 Å². The van der Waals surface area contributed by atoms with Gasteiger partial charge in [-0.2, -0.15) is 0 Å². The summed E-state index contributed by atoms with van der Waals surface area (Å²) in [5.41, 5.74) is 0.671. The standard InChI is InChI=1S/C10H10Cl3NO2/c1-6(14-15-2)5-16-10-8(12)3-7(11)4-9(10)13/h3-4H,5H2,1-2H3. The van der Waals surface area contributed by atoms with Gasteiger partial charge in [0.05, 0.1) is 15.8 Å². The Balaban J connectivity index is 2.78. The zero-order valence-corrected chi connectivity index (χ0v) is 11.0. The summed E-state index contributed by atoms with van der Waals surface area (Å²) >= 11 is 17.6. The monoisotopic (exact) mass is 281 g/mol. The molecule has 0 aliphatic carbocycles. The molecule has 1 rings (SSSR count). The summed E-state index contributed by atoms with van der Waals surface area (Å²) < 4.78 is 5.40. The molecule has 0 saturated heterocycles. The molecule has 0 unspecified atom stereocenters. The van der Waals surface area contributed by atoms with Gasteiger partial charge in [0.15, 0.2) is 5.75 Å². The number of benzene rings is 1. The van der Waals surface area contributed by atoms with E-state index in [1.807, 2.05) is 0 Å². The van der Waals surface area contributed by atoms with E-state index in [0.29, 0.717) is 26.5 Å². The van der Waals surface area contributed by atoms with Gasteiger partial charge < -0.3 is 9.57 Å². The summed E-state index contributed by atoms with van der Waals surface area (Å²) in [4.78, 5) is 4.59. The van der Waals surface area contributed by atoms with Crippen LogP contribution in [-0.2, 0) is 4.84 Å². The summed E-state index contributed by atoms with van der Waals surface area (Å²) in [7, 11) is 1.46. The van der Waals surface area contributed by atoms with Crippen LogP contribution in [0.3, 0.4) is 0 Å². The van der Waals surface area contributed by atoms with Crippen LogP contribution in [0.5, 0.6) is 5.75 Å². The van der Waals surface area contributed by atoms with Crippen molar-refractivity contribution in [1.82, 2.24) is 0 Å². The van der Waals surface area contributed by atoms with Gasteiger partial charge in [0, 0.05) is 5.02 Å². The van der Waals surface area contributed by atoms with Crippen LogP contribution < -0.4 is 4.74 Å². The molecule has 0 N–H and O–H groups in total. The third-order valence-electron chi connectivity index (χ3n) is 1.64. The summed E-state index contributed by atoms with van der Waals surface area (Å²) in [6, 6.07) is 3.13. The maximum Gasteiger partial charge on any atom is 0.157 e. The van der Waals surface area contributed by atoms with Crippen LogP contribution in [0, 0.1) is 0 Å². The highest BCUT2D eigenvalue weighted by molar-refractivity contribution is 6.40. The SMILES string of the molecule is CON=C(C)COc1c(Cl)cc(Cl)cc1Cl. The third kappa shape index (κ3) is 3.74. The molecule has 0 radical (unpaired) electrons. The normalized spacial score (nSPS) is 11.4. The summed E-state index contributed by atoms with van der Waals surface area (Å²) in [5, 5.41) is 4.89. The number of hydrogen-bond acceptors (Lipinski definition) is 3. The molecular formula is C10H10Cl3NO2. The second-order valence-corrected chi connectivity index (χ2v) is 4.25. The molecule has 0 aliphatic rings. The predicted molar refractivity (Wildman–Crippen MR) is 67.1 cm³/mol. The molecule has 1 aromatic carbocycles. The molecule has 0 aromatic heterocycles. The van der Waals surface area contributed by atoms with Gasteiger partial charge >= 0.3 is 0 Å². The fraction of sp³-hybridized carbons (Fsp3) is 0.300. The smallest absolute Gasteiger partial charge is 0.157 e. The van der Waals surface area contributed by atoms with E-state index in [1.165, 1.54) is 7.11 Å². The van der Waals surface area contributed by atoms with Crippen molar-refractivity contribution in [3.8, 4) is 5.75 Å². The molecular weight excluding hydrogens is 272 g/mol. The Morgan fingerprint density at radius 1 is 1.25 bits per heavy atom. The number of rotatable bonds is 4. The van der Waals surface area contributed by atoms with Gasteiger partial charge in [-0.05, 0) is 19.1 Å². The first-order valence-electron chi connectivity index (χ1n) is 4.38. The second-order valence-electron chi connectivity index (χ2n) is 3.00. The molecule has 0 spiro atoms. The number of hydrogen-bond donors (Lipinski definition) is 0. The van der Waals surface area contributed by atoms with Crippen LogP contribution in [0.25, 0.3) is 0 Å². The van der Waals surface area contributed by atoms with Crippen LogP contribution in [-0.4, -0.2) is 19.4 Å². The first-order valence-corrected chi connectivity index (χ1v) is 5.52. The van der Waals surface area contributed by atoms with Gasteiger partial charge in [-0.15, -0.1) is 0 Å². The third-order valence-corrected chi connectivity index (χ3v) is 2.42. The average molecular weight is 283 g/mol. The van der Waals surface area contributed by atoms with Crippen molar-refractivity contribution in [2.24, 2.45) is 5.16 Å². The minimum Gasteiger partial charge on any atom is -0.484 e. The Labute approximate surface area is 109 Å². The van der Waals surface area contributed by atoms with Crippen molar-refractivity contribution in [3.05, 3.63) is 27.2 Å². The van der Waals surface area contributed by atoms with E-state index >= 15 is 0 Å². The van der Waals surface area contributed by atoms with Gasteiger partial charge in [-0.1, -0.05) is 40.0 Å². The fourth-order valence-corrected chi connectivity index (χ4v) is 1.95. The van der Waals surface area contributed by atoms with Crippen LogP contribution in [0.1, 0.15) is 6.92 Å². The molecule has 0 bridgehead atoms. The molecule has 0 saturated carbocycles. The molecule has 6 heteroatoms. The Hall–Kier alpha value is -0.640. The summed E-state index contributed by atoms with van der Waals surface area (Å²) in [6.45, 7) is 2.01. The maximum absolute atomic E-state index is 5.93. The first-order chi connectivity index (χ1) is 7.54. The maximum atomic E-state index is 5.93. The second kappa shape index (κ2) is 6.18. The summed E-state index contributed by atoms with van der Waals surface area (Å²) in [6.07, 6.45) is 0. The number of ether oxygens (including phenoxy) is 1. The Morgan fingerprint density at radius 2 is 1.81 bits per heavy atom. The molecule has 1 aromatic rings. The minimum atomic E-state index is 0.245. The van der Waals surface area contributed by atoms with E-state index in [1.54, 1.807) is 19.1 Å². The number of nitrogens with zero attached hydrogens (tertiary/aromatic N) is 1. The zero-order chi connectivity index (χ0) is 12.1. The fourth-order valence-electron chi connectivity index (χ4n) is 1.03. The average Bonchev–Trinajstić information content (AvgIpc) is 2.16. The number of halogens is 3. The highest BCUT2D eigenvalue weighted by Gasteiger charge is 2.09. The van der Waals surface area contributed by atoms with Gasteiger partial charge in [-0.3, -0.25) is 0 Å². The quantitative estimate of drug-likeness (QED) is 0.616. The van der Waals surface area contributed by atoms with Gasteiger partial charge in [0.1, 0.15) is 13.7 Å². The lowest BCUT2D eigenvalue weighted by molar-refractivity contribution is 0.209. The Kier molecular flexibility index (Phi) is 5.19. The molecule has 0 aliphatic heterocycles. The Morgan fingerprint density at radius 3 is 2.31 bits per heavy atom. The van der Waals surface area contributed by atoms with Crippen LogP contribution >= 0.6 is 34.8 Å². The molecule has 0 fully saturated rings. The lowest BCUT2D eigenvalue weighted by Crippen LogP contribution is -2.08. The Bertz CT molecular complexity index is 384. The molecule has 0 atom stereocenters. The van der Waals surface area contributed by atoms with Gasteiger partial charge in [0.25, 0.3) is 0 Å². The van der Waals surface area contributed by atoms with E-state index < -0.39 is 0 Å². The molecule has 3 nitrogen and oxygen atoms in total.